The zero-order valence-electron chi connectivity index (χ0n) is 8.42. The molecular weight excluding hydrogens is 148 g/mol. The van der Waals surface area contributed by atoms with E-state index in [9.17, 15) is 5.11 Å². The van der Waals surface area contributed by atoms with Gasteiger partial charge in [0.1, 0.15) is 0 Å². The van der Waals surface area contributed by atoms with Crippen molar-refractivity contribution in [2.75, 3.05) is 0 Å². The molecule has 2 atom stereocenters. The minimum atomic E-state index is 0.00338. The molecule has 0 aromatic carbocycles. The van der Waals surface area contributed by atoms with Crippen molar-refractivity contribution in [2.24, 2.45) is 11.8 Å². The minimum Gasteiger partial charge on any atom is -0.393 e. The molecule has 0 amide bonds. The number of rotatable bonds is 3. The summed E-state index contributed by atoms with van der Waals surface area (Å²) in [6.07, 6.45) is 7.34. The van der Waals surface area contributed by atoms with Gasteiger partial charge in [-0.3, -0.25) is 0 Å². The molecule has 1 saturated carbocycles. The van der Waals surface area contributed by atoms with E-state index >= 15 is 0 Å². The van der Waals surface area contributed by atoms with Crippen LogP contribution in [0.1, 0.15) is 52.4 Å². The summed E-state index contributed by atoms with van der Waals surface area (Å²) in [6.45, 7) is 4.49. The lowest BCUT2D eigenvalue weighted by atomic mass is 9.76. The van der Waals surface area contributed by atoms with E-state index in [1.807, 2.05) is 0 Å². The first-order valence-electron chi connectivity index (χ1n) is 5.47. The SMILES string of the molecule is CCC(CC)[C@@H]1CCCC[C@@H]1O. The van der Waals surface area contributed by atoms with Crippen molar-refractivity contribution in [1.29, 1.82) is 0 Å². The Kier molecular flexibility index (Phi) is 4.07. The summed E-state index contributed by atoms with van der Waals surface area (Å²) >= 11 is 0. The molecule has 12 heavy (non-hydrogen) atoms. The number of hydrogen-bond acceptors (Lipinski definition) is 1. The van der Waals surface area contributed by atoms with Crippen LogP contribution < -0.4 is 0 Å². The molecule has 1 aliphatic carbocycles. The normalized spacial score (nSPS) is 31.0. The van der Waals surface area contributed by atoms with Crippen LogP contribution in [-0.2, 0) is 0 Å². The molecule has 1 N–H and O–H groups in total. The van der Waals surface area contributed by atoms with Gasteiger partial charge in [-0.15, -0.1) is 0 Å². The summed E-state index contributed by atoms with van der Waals surface area (Å²) in [6, 6.07) is 0. The molecule has 0 aromatic rings. The monoisotopic (exact) mass is 170 g/mol. The van der Waals surface area contributed by atoms with Crippen LogP contribution in [0.2, 0.25) is 0 Å². The maximum Gasteiger partial charge on any atom is 0.0571 e. The van der Waals surface area contributed by atoms with Crippen molar-refractivity contribution in [3.8, 4) is 0 Å². The predicted octanol–water partition coefficient (Wildman–Crippen LogP) is 2.97. The summed E-state index contributed by atoms with van der Waals surface area (Å²) in [4.78, 5) is 0. The quantitative estimate of drug-likeness (QED) is 0.690. The topological polar surface area (TPSA) is 20.2 Å². The lowest BCUT2D eigenvalue weighted by Gasteiger charge is -2.33. The summed E-state index contributed by atoms with van der Waals surface area (Å²) in [5, 5.41) is 9.80. The van der Waals surface area contributed by atoms with Crippen LogP contribution in [0.15, 0.2) is 0 Å². The predicted molar refractivity (Wildman–Crippen MR) is 52.0 cm³/mol. The van der Waals surface area contributed by atoms with E-state index in [2.05, 4.69) is 13.8 Å². The van der Waals surface area contributed by atoms with Gasteiger partial charge < -0.3 is 5.11 Å². The van der Waals surface area contributed by atoms with Gasteiger partial charge >= 0.3 is 0 Å². The van der Waals surface area contributed by atoms with E-state index in [-0.39, 0.29) is 6.10 Å². The molecule has 1 fully saturated rings. The highest BCUT2D eigenvalue weighted by molar-refractivity contribution is 4.79. The van der Waals surface area contributed by atoms with E-state index in [1.165, 1.54) is 32.1 Å². The van der Waals surface area contributed by atoms with Crippen LogP contribution in [0.25, 0.3) is 0 Å². The van der Waals surface area contributed by atoms with Gasteiger partial charge in [-0.1, -0.05) is 39.5 Å². The molecule has 0 heterocycles. The van der Waals surface area contributed by atoms with Gasteiger partial charge in [0, 0.05) is 0 Å². The van der Waals surface area contributed by atoms with Gasteiger partial charge in [0.2, 0.25) is 0 Å². The third kappa shape index (κ3) is 2.22. The lowest BCUT2D eigenvalue weighted by Crippen LogP contribution is -2.30. The molecule has 1 aliphatic rings. The molecule has 0 aliphatic heterocycles. The number of aliphatic hydroxyl groups excluding tert-OH is 1. The Morgan fingerprint density at radius 2 is 1.75 bits per heavy atom. The second kappa shape index (κ2) is 4.86. The summed E-state index contributed by atoms with van der Waals surface area (Å²) < 4.78 is 0. The number of aliphatic hydroxyl groups is 1. The minimum absolute atomic E-state index is 0.00338. The summed E-state index contributed by atoms with van der Waals surface area (Å²) in [5.41, 5.74) is 0. The highest BCUT2D eigenvalue weighted by Gasteiger charge is 2.28. The fraction of sp³-hybridized carbons (Fsp3) is 1.00. The Bertz CT molecular complexity index is 118. The third-order valence-electron chi connectivity index (χ3n) is 3.44. The second-order valence-corrected chi connectivity index (χ2v) is 4.09. The molecule has 72 valence electrons. The summed E-state index contributed by atoms with van der Waals surface area (Å²) in [5.74, 6) is 1.37. The largest absolute Gasteiger partial charge is 0.393 e. The Hall–Kier alpha value is -0.0400. The average Bonchev–Trinajstić information content (AvgIpc) is 2.10. The first-order valence-corrected chi connectivity index (χ1v) is 5.47. The third-order valence-corrected chi connectivity index (χ3v) is 3.44. The van der Waals surface area contributed by atoms with Gasteiger partial charge in [-0.25, -0.2) is 0 Å². The zero-order chi connectivity index (χ0) is 8.97. The van der Waals surface area contributed by atoms with Crippen molar-refractivity contribution < 1.29 is 5.11 Å². The van der Waals surface area contributed by atoms with Crippen LogP contribution in [0.3, 0.4) is 0 Å². The van der Waals surface area contributed by atoms with Crippen LogP contribution in [0.5, 0.6) is 0 Å². The van der Waals surface area contributed by atoms with E-state index in [0.717, 1.165) is 12.3 Å². The standard InChI is InChI=1S/C11H22O/c1-3-9(4-2)10-7-5-6-8-11(10)12/h9-12H,3-8H2,1-2H3/t10-,11-/m0/s1. The van der Waals surface area contributed by atoms with Crippen LogP contribution in [0.4, 0.5) is 0 Å². The van der Waals surface area contributed by atoms with Gasteiger partial charge in [0.05, 0.1) is 6.10 Å². The molecule has 0 unspecified atom stereocenters. The number of hydrogen-bond donors (Lipinski definition) is 1. The molecule has 0 radical (unpaired) electrons. The van der Waals surface area contributed by atoms with Gasteiger partial charge in [-0.05, 0) is 24.7 Å². The van der Waals surface area contributed by atoms with Crippen molar-refractivity contribution in [3.63, 3.8) is 0 Å². The highest BCUT2D eigenvalue weighted by Crippen LogP contribution is 2.33. The second-order valence-electron chi connectivity index (χ2n) is 4.09. The molecule has 1 nitrogen and oxygen atoms in total. The maximum atomic E-state index is 9.80. The first kappa shape index (κ1) is 10.0. The van der Waals surface area contributed by atoms with E-state index in [4.69, 9.17) is 0 Å². The smallest absolute Gasteiger partial charge is 0.0571 e. The molecule has 1 heteroatoms. The van der Waals surface area contributed by atoms with Gasteiger partial charge in [-0.2, -0.15) is 0 Å². The van der Waals surface area contributed by atoms with Crippen LogP contribution >= 0.6 is 0 Å². The molecular formula is C11H22O. The summed E-state index contributed by atoms with van der Waals surface area (Å²) in [7, 11) is 0. The maximum absolute atomic E-state index is 9.80. The fourth-order valence-corrected chi connectivity index (χ4v) is 2.58. The van der Waals surface area contributed by atoms with E-state index in [0.29, 0.717) is 5.92 Å². The van der Waals surface area contributed by atoms with Crippen LogP contribution in [-0.4, -0.2) is 11.2 Å². The van der Waals surface area contributed by atoms with Crippen molar-refractivity contribution in [3.05, 3.63) is 0 Å². The highest BCUT2D eigenvalue weighted by atomic mass is 16.3. The molecule has 0 spiro atoms. The molecule has 0 aromatic heterocycles. The Balaban J connectivity index is 2.45. The Labute approximate surface area is 76.2 Å². The van der Waals surface area contributed by atoms with Crippen molar-refractivity contribution in [1.82, 2.24) is 0 Å². The van der Waals surface area contributed by atoms with Gasteiger partial charge in [0.15, 0.2) is 0 Å². The van der Waals surface area contributed by atoms with Crippen molar-refractivity contribution in [2.45, 2.75) is 58.5 Å². The van der Waals surface area contributed by atoms with E-state index in [1.54, 1.807) is 0 Å². The fourth-order valence-electron chi connectivity index (χ4n) is 2.58. The molecule has 0 saturated heterocycles. The first-order chi connectivity index (χ1) is 5.79. The van der Waals surface area contributed by atoms with Crippen LogP contribution in [0, 0.1) is 11.8 Å². The Morgan fingerprint density at radius 3 is 2.25 bits per heavy atom. The molecule has 1 rings (SSSR count). The Morgan fingerprint density at radius 1 is 1.17 bits per heavy atom. The lowest BCUT2D eigenvalue weighted by molar-refractivity contribution is 0.0342. The average molecular weight is 170 g/mol. The van der Waals surface area contributed by atoms with E-state index < -0.39 is 0 Å². The van der Waals surface area contributed by atoms with Gasteiger partial charge in [0.25, 0.3) is 0 Å². The van der Waals surface area contributed by atoms with Crippen molar-refractivity contribution >= 4 is 0 Å². The molecule has 0 bridgehead atoms. The zero-order valence-corrected chi connectivity index (χ0v) is 8.42.